The summed E-state index contributed by atoms with van der Waals surface area (Å²) in [7, 11) is 0. The van der Waals surface area contributed by atoms with Gasteiger partial charge in [-0.15, -0.1) is 0 Å². The maximum atomic E-state index is 13.4. The predicted octanol–water partition coefficient (Wildman–Crippen LogP) is 4.67. The fourth-order valence-corrected chi connectivity index (χ4v) is 3.51. The maximum Gasteiger partial charge on any atom is 0.227 e. The Labute approximate surface area is 149 Å². The van der Waals surface area contributed by atoms with Crippen molar-refractivity contribution in [3.05, 3.63) is 47.5 Å². The molecule has 0 spiro atoms. The molecule has 1 fully saturated rings. The second-order valence-electron chi connectivity index (χ2n) is 6.21. The molecule has 4 rings (SSSR count). The molecule has 0 radical (unpaired) electrons. The molecule has 3 aromatic rings. The fraction of sp³-hybridized carbons (Fsp3) is 0.278. The molecule has 0 amide bonds. The second kappa shape index (κ2) is 6.40. The summed E-state index contributed by atoms with van der Waals surface area (Å²) in [5.74, 6) is 0.254. The number of hydrogen-bond donors (Lipinski definition) is 2. The molecular formula is C18H18FN5S. The smallest absolute Gasteiger partial charge is 0.227 e. The van der Waals surface area contributed by atoms with E-state index in [1.165, 1.54) is 18.9 Å². The van der Waals surface area contributed by atoms with Crippen LogP contribution in [0.15, 0.2) is 30.5 Å². The van der Waals surface area contributed by atoms with Gasteiger partial charge in [-0.2, -0.15) is 0 Å². The Morgan fingerprint density at radius 3 is 2.76 bits per heavy atom. The maximum absolute atomic E-state index is 13.4. The minimum Gasteiger partial charge on any atom is -0.359 e. The summed E-state index contributed by atoms with van der Waals surface area (Å²) in [5, 5.41) is 7.50. The first-order valence-electron chi connectivity index (χ1n) is 8.19. The molecule has 128 valence electrons. The topological polar surface area (TPSA) is 62.7 Å². The van der Waals surface area contributed by atoms with Gasteiger partial charge in [-0.25, -0.2) is 19.3 Å². The van der Waals surface area contributed by atoms with Gasteiger partial charge in [0.05, 0.1) is 16.3 Å². The normalized spacial score (nSPS) is 13.7. The van der Waals surface area contributed by atoms with Gasteiger partial charge in [-0.3, -0.25) is 0 Å². The third-order valence-electron chi connectivity index (χ3n) is 4.00. The molecule has 1 aliphatic rings. The molecule has 25 heavy (non-hydrogen) atoms. The molecule has 0 saturated heterocycles. The van der Waals surface area contributed by atoms with Crippen LogP contribution in [-0.2, 0) is 0 Å². The molecule has 1 aliphatic carbocycles. The lowest BCUT2D eigenvalue weighted by atomic mass is 10.2. The van der Waals surface area contributed by atoms with Crippen molar-refractivity contribution in [1.29, 1.82) is 0 Å². The molecular weight excluding hydrogens is 337 g/mol. The average molecular weight is 355 g/mol. The number of nitrogens with one attached hydrogen (secondary N) is 2. The lowest BCUT2D eigenvalue weighted by molar-refractivity contribution is 0.619. The first-order valence-corrected chi connectivity index (χ1v) is 9.01. The van der Waals surface area contributed by atoms with E-state index >= 15 is 0 Å². The zero-order chi connectivity index (χ0) is 17.4. The Hall–Kier alpha value is -2.54. The van der Waals surface area contributed by atoms with E-state index < -0.39 is 0 Å². The third kappa shape index (κ3) is 3.61. The molecule has 2 N–H and O–H groups in total. The highest BCUT2D eigenvalue weighted by molar-refractivity contribution is 7.19. The van der Waals surface area contributed by atoms with Gasteiger partial charge in [-0.05, 0) is 56.5 Å². The van der Waals surface area contributed by atoms with E-state index in [2.05, 4.69) is 25.6 Å². The zero-order valence-corrected chi connectivity index (χ0v) is 14.8. The summed E-state index contributed by atoms with van der Waals surface area (Å²) in [6.07, 6.45) is 4.15. The Morgan fingerprint density at radius 2 is 2.00 bits per heavy atom. The Bertz CT molecular complexity index is 920. The number of halogens is 1. The Kier molecular flexibility index (Phi) is 4.09. The number of nitrogens with zero attached hydrogens (tertiary/aromatic N) is 3. The van der Waals surface area contributed by atoms with Crippen LogP contribution in [0.5, 0.6) is 0 Å². The summed E-state index contributed by atoms with van der Waals surface area (Å²) >= 11 is 1.61. The highest BCUT2D eigenvalue weighted by Gasteiger charge is 2.23. The van der Waals surface area contributed by atoms with Crippen molar-refractivity contribution in [2.45, 2.75) is 32.7 Å². The van der Waals surface area contributed by atoms with Crippen LogP contribution in [0.3, 0.4) is 0 Å². The second-order valence-corrected chi connectivity index (χ2v) is 7.21. The van der Waals surface area contributed by atoms with Crippen molar-refractivity contribution in [3.63, 3.8) is 0 Å². The number of rotatable bonds is 5. The van der Waals surface area contributed by atoms with Gasteiger partial charge in [0.1, 0.15) is 5.82 Å². The number of aryl methyl sites for hydroxylation is 2. The Balaban J connectivity index is 1.58. The summed E-state index contributed by atoms with van der Waals surface area (Å²) in [6.45, 7) is 3.72. The minimum absolute atomic E-state index is 0.226. The van der Waals surface area contributed by atoms with E-state index in [1.807, 2.05) is 13.0 Å². The molecule has 0 unspecified atom stereocenters. The van der Waals surface area contributed by atoms with Crippen molar-refractivity contribution in [2.24, 2.45) is 0 Å². The van der Waals surface area contributed by atoms with Gasteiger partial charge in [0.15, 0.2) is 5.13 Å². The lowest BCUT2D eigenvalue weighted by Gasteiger charge is -2.07. The van der Waals surface area contributed by atoms with Gasteiger partial charge in [-0.1, -0.05) is 11.3 Å². The van der Waals surface area contributed by atoms with E-state index in [0.717, 1.165) is 27.1 Å². The number of hydrogen-bond acceptors (Lipinski definition) is 6. The van der Waals surface area contributed by atoms with Gasteiger partial charge in [0, 0.05) is 17.9 Å². The van der Waals surface area contributed by atoms with Crippen molar-refractivity contribution in [3.8, 4) is 10.6 Å². The molecule has 0 atom stereocenters. The van der Waals surface area contributed by atoms with Crippen LogP contribution in [0.4, 0.5) is 21.2 Å². The van der Waals surface area contributed by atoms with Crippen molar-refractivity contribution in [2.75, 3.05) is 10.6 Å². The van der Waals surface area contributed by atoms with Crippen molar-refractivity contribution >= 4 is 28.1 Å². The average Bonchev–Trinajstić information content (AvgIpc) is 3.32. The molecule has 2 heterocycles. The monoisotopic (exact) mass is 355 g/mol. The first-order chi connectivity index (χ1) is 12.1. The van der Waals surface area contributed by atoms with Gasteiger partial charge in [0.2, 0.25) is 5.95 Å². The summed E-state index contributed by atoms with van der Waals surface area (Å²) in [5.41, 5.74) is 3.12. The number of thiazole rings is 1. The molecule has 0 bridgehead atoms. The number of benzene rings is 1. The van der Waals surface area contributed by atoms with E-state index in [1.54, 1.807) is 36.6 Å². The highest BCUT2D eigenvalue weighted by atomic mass is 32.1. The van der Waals surface area contributed by atoms with E-state index in [-0.39, 0.29) is 5.82 Å². The molecule has 1 aromatic carbocycles. The highest BCUT2D eigenvalue weighted by Crippen LogP contribution is 2.34. The van der Waals surface area contributed by atoms with Crippen molar-refractivity contribution < 1.29 is 4.39 Å². The van der Waals surface area contributed by atoms with Gasteiger partial charge in [0.25, 0.3) is 0 Å². The van der Waals surface area contributed by atoms with Crippen LogP contribution in [0.1, 0.15) is 24.1 Å². The van der Waals surface area contributed by atoms with Crippen LogP contribution in [0.25, 0.3) is 10.6 Å². The van der Waals surface area contributed by atoms with E-state index in [0.29, 0.717) is 17.6 Å². The summed E-state index contributed by atoms with van der Waals surface area (Å²) in [6, 6.07) is 7.30. The van der Waals surface area contributed by atoms with Gasteiger partial charge < -0.3 is 10.6 Å². The molecule has 2 aromatic heterocycles. The quantitative estimate of drug-likeness (QED) is 0.696. The zero-order valence-electron chi connectivity index (χ0n) is 14.0. The minimum atomic E-state index is -0.226. The summed E-state index contributed by atoms with van der Waals surface area (Å²) < 4.78 is 13.4. The standard InChI is InChI=1S/C18H18FN5S/c1-10-9-13(5-6-14(10)19)22-17-20-8-7-15(24-17)16-11(2)21-18(25-16)23-12-3-4-12/h5-9,12H,3-4H2,1-2H3,(H,21,23)(H,20,22,24). The summed E-state index contributed by atoms with van der Waals surface area (Å²) in [4.78, 5) is 14.5. The first kappa shape index (κ1) is 16.0. The predicted molar refractivity (Wildman–Crippen MR) is 98.9 cm³/mol. The van der Waals surface area contributed by atoms with Crippen molar-refractivity contribution in [1.82, 2.24) is 15.0 Å². The van der Waals surface area contributed by atoms with Crippen LogP contribution < -0.4 is 10.6 Å². The lowest BCUT2D eigenvalue weighted by Crippen LogP contribution is -1.99. The Morgan fingerprint density at radius 1 is 1.16 bits per heavy atom. The SMILES string of the molecule is Cc1cc(Nc2nccc(-c3sc(NC4CC4)nc3C)n2)ccc1F. The van der Waals surface area contributed by atoms with E-state index in [4.69, 9.17) is 0 Å². The number of anilines is 3. The van der Waals surface area contributed by atoms with E-state index in [9.17, 15) is 4.39 Å². The van der Waals surface area contributed by atoms with Crippen LogP contribution in [0.2, 0.25) is 0 Å². The third-order valence-corrected chi connectivity index (χ3v) is 5.12. The van der Waals surface area contributed by atoms with Crippen LogP contribution in [-0.4, -0.2) is 21.0 Å². The molecule has 1 saturated carbocycles. The van der Waals surface area contributed by atoms with Crippen LogP contribution in [0, 0.1) is 19.7 Å². The van der Waals surface area contributed by atoms with Crippen LogP contribution >= 0.6 is 11.3 Å². The largest absolute Gasteiger partial charge is 0.359 e. The molecule has 7 heteroatoms. The molecule has 0 aliphatic heterocycles. The van der Waals surface area contributed by atoms with Gasteiger partial charge >= 0.3 is 0 Å². The fourth-order valence-electron chi connectivity index (χ4n) is 2.50. The number of aromatic nitrogens is 3. The molecule has 5 nitrogen and oxygen atoms in total.